The SMILES string of the molecule is Cc1c(NC2CC2)n[nH]c1-c1ccccc1. The fourth-order valence-corrected chi connectivity index (χ4v) is 1.85. The molecule has 3 rings (SSSR count). The number of benzene rings is 1. The molecule has 1 fully saturated rings. The Morgan fingerprint density at radius 1 is 1.25 bits per heavy atom. The van der Waals surface area contributed by atoms with E-state index in [-0.39, 0.29) is 0 Å². The second kappa shape index (κ2) is 3.67. The second-order valence-corrected chi connectivity index (χ2v) is 4.36. The molecule has 1 heterocycles. The van der Waals surface area contributed by atoms with Gasteiger partial charge in [-0.25, -0.2) is 0 Å². The van der Waals surface area contributed by atoms with E-state index in [1.807, 2.05) is 18.2 Å². The van der Waals surface area contributed by atoms with Crippen molar-refractivity contribution in [3.8, 4) is 11.3 Å². The van der Waals surface area contributed by atoms with Crippen molar-refractivity contribution in [3.63, 3.8) is 0 Å². The fourth-order valence-electron chi connectivity index (χ4n) is 1.85. The summed E-state index contributed by atoms with van der Waals surface area (Å²) in [5.74, 6) is 1.00. The van der Waals surface area contributed by atoms with Gasteiger partial charge in [0.25, 0.3) is 0 Å². The van der Waals surface area contributed by atoms with Crippen molar-refractivity contribution in [2.75, 3.05) is 5.32 Å². The van der Waals surface area contributed by atoms with Crippen molar-refractivity contribution in [2.24, 2.45) is 0 Å². The van der Waals surface area contributed by atoms with Crippen LogP contribution in [-0.4, -0.2) is 16.2 Å². The predicted molar refractivity (Wildman–Crippen MR) is 65.4 cm³/mol. The van der Waals surface area contributed by atoms with Crippen molar-refractivity contribution < 1.29 is 0 Å². The molecule has 0 atom stereocenters. The van der Waals surface area contributed by atoms with Crippen LogP contribution in [0.25, 0.3) is 11.3 Å². The molecule has 0 amide bonds. The lowest BCUT2D eigenvalue weighted by atomic mass is 10.1. The molecular weight excluding hydrogens is 198 g/mol. The standard InChI is InChI=1S/C13H15N3/c1-9-12(10-5-3-2-4-6-10)15-16-13(9)14-11-7-8-11/h2-6,11H,7-8H2,1H3,(H2,14,15,16). The minimum atomic E-state index is 0.644. The molecule has 0 aliphatic heterocycles. The molecule has 3 nitrogen and oxygen atoms in total. The van der Waals surface area contributed by atoms with Gasteiger partial charge in [-0.15, -0.1) is 0 Å². The van der Waals surface area contributed by atoms with Gasteiger partial charge in [0.1, 0.15) is 0 Å². The number of rotatable bonds is 3. The Morgan fingerprint density at radius 2 is 2.00 bits per heavy atom. The molecular formula is C13H15N3. The van der Waals surface area contributed by atoms with Gasteiger partial charge in [0.2, 0.25) is 0 Å². The predicted octanol–water partition coefficient (Wildman–Crippen LogP) is 2.96. The van der Waals surface area contributed by atoms with Gasteiger partial charge in [-0.3, -0.25) is 5.10 Å². The molecule has 0 radical (unpaired) electrons. The molecule has 0 unspecified atom stereocenters. The fraction of sp³-hybridized carbons (Fsp3) is 0.308. The van der Waals surface area contributed by atoms with Gasteiger partial charge in [-0.1, -0.05) is 30.3 Å². The maximum absolute atomic E-state index is 4.34. The lowest BCUT2D eigenvalue weighted by Crippen LogP contribution is -2.02. The zero-order chi connectivity index (χ0) is 11.0. The Hall–Kier alpha value is -1.77. The van der Waals surface area contributed by atoms with Crippen molar-refractivity contribution in [2.45, 2.75) is 25.8 Å². The van der Waals surface area contributed by atoms with E-state index in [0.717, 1.165) is 11.5 Å². The lowest BCUT2D eigenvalue weighted by Gasteiger charge is -2.02. The summed E-state index contributed by atoms with van der Waals surface area (Å²) in [6.45, 7) is 2.11. The number of H-pyrrole nitrogens is 1. The third-order valence-electron chi connectivity index (χ3n) is 2.99. The highest BCUT2D eigenvalue weighted by atomic mass is 15.2. The topological polar surface area (TPSA) is 40.7 Å². The summed E-state index contributed by atoms with van der Waals surface area (Å²) in [5.41, 5.74) is 3.51. The minimum absolute atomic E-state index is 0.644. The maximum Gasteiger partial charge on any atom is 0.151 e. The molecule has 1 aliphatic rings. The van der Waals surface area contributed by atoms with Crippen LogP contribution >= 0.6 is 0 Å². The Labute approximate surface area is 94.9 Å². The van der Waals surface area contributed by atoms with E-state index in [9.17, 15) is 0 Å². The Balaban J connectivity index is 1.93. The summed E-state index contributed by atoms with van der Waals surface area (Å²) < 4.78 is 0. The summed E-state index contributed by atoms with van der Waals surface area (Å²) in [7, 11) is 0. The molecule has 1 aromatic carbocycles. The van der Waals surface area contributed by atoms with Gasteiger partial charge in [0, 0.05) is 11.6 Å². The monoisotopic (exact) mass is 213 g/mol. The van der Waals surface area contributed by atoms with Crippen LogP contribution in [0.2, 0.25) is 0 Å². The van der Waals surface area contributed by atoms with Crippen LogP contribution in [0.1, 0.15) is 18.4 Å². The second-order valence-electron chi connectivity index (χ2n) is 4.36. The minimum Gasteiger partial charge on any atom is -0.366 e. The molecule has 1 aliphatic carbocycles. The number of anilines is 1. The first-order valence-electron chi connectivity index (χ1n) is 5.71. The zero-order valence-corrected chi connectivity index (χ0v) is 9.33. The molecule has 82 valence electrons. The molecule has 0 bridgehead atoms. The van der Waals surface area contributed by atoms with Gasteiger partial charge in [-0.2, -0.15) is 5.10 Å². The summed E-state index contributed by atoms with van der Waals surface area (Å²) in [5, 5.41) is 10.9. The normalized spacial score (nSPS) is 15.1. The summed E-state index contributed by atoms with van der Waals surface area (Å²) >= 11 is 0. The largest absolute Gasteiger partial charge is 0.366 e. The number of hydrogen-bond acceptors (Lipinski definition) is 2. The highest BCUT2D eigenvalue weighted by Gasteiger charge is 2.23. The van der Waals surface area contributed by atoms with Crippen molar-refractivity contribution in [1.29, 1.82) is 0 Å². The molecule has 0 saturated heterocycles. The molecule has 2 N–H and O–H groups in total. The highest BCUT2D eigenvalue weighted by molar-refractivity contribution is 5.68. The molecule has 2 aromatic rings. The molecule has 16 heavy (non-hydrogen) atoms. The lowest BCUT2D eigenvalue weighted by molar-refractivity contribution is 1.05. The maximum atomic E-state index is 4.34. The third-order valence-corrected chi connectivity index (χ3v) is 2.99. The number of nitrogens with zero attached hydrogens (tertiary/aromatic N) is 1. The molecule has 1 saturated carbocycles. The van der Waals surface area contributed by atoms with E-state index < -0.39 is 0 Å². The summed E-state index contributed by atoms with van der Waals surface area (Å²) in [6, 6.07) is 11.0. The summed E-state index contributed by atoms with van der Waals surface area (Å²) in [4.78, 5) is 0. The number of nitrogens with one attached hydrogen (secondary N) is 2. The van der Waals surface area contributed by atoms with Gasteiger partial charge >= 0.3 is 0 Å². The average Bonchev–Trinajstić information content (AvgIpc) is 3.06. The summed E-state index contributed by atoms with van der Waals surface area (Å²) in [6.07, 6.45) is 2.54. The van der Waals surface area contributed by atoms with Crippen LogP contribution in [0.3, 0.4) is 0 Å². The Morgan fingerprint density at radius 3 is 2.69 bits per heavy atom. The molecule has 3 heteroatoms. The van der Waals surface area contributed by atoms with Crippen molar-refractivity contribution in [3.05, 3.63) is 35.9 Å². The van der Waals surface area contributed by atoms with Gasteiger partial charge in [0.15, 0.2) is 5.82 Å². The van der Waals surface area contributed by atoms with Crippen LogP contribution in [-0.2, 0) is 0 Å². The quantitative estimate of drug-likeness (QED) is 0.823. The van der Waals surface area contributed by atoms with Gasteiger partial charge in [0.05, 0.1) is 5.69 Å². The molecule has 0 spiro atoms. The number of aromatic nitrogens is 2. The zero-order valence-electron chi connectivity index (χ0n) is 9.33. The van der Waals surface area contributed by atoms with Crippen LogP contribution in [0, 0.1) is 6.92 Å². The van der Waals surface area contributed by atoms with Crippen molar-refractivity contribution >= 4 is 5.82 Å². The Kier molecular flexibility index (Phi) is 2.17. The van der Waals surface area contributed by atoms with Crippen LogP contribution in [0.4, 0.5) is 5.82 Å². The van der Waals surface area contributed by atoms with E-state index >= 15 is 0 Å². The highest BCUT2D eigenvalue weighted by Crippen LogP contribution is 2.29. The van der Waals surface area contributed by atoms with E-state index in [2.05, 4.69) is 34.6 Å². The number of aromatic amines is 1. The van der Waals surface area contributed by atoms with Crippen LogP contribution in [0.5, 0.6) is 0 Å². The first kappa shape index (κ1) is 9.46. The van der Waals surface area contributed by atoms with Crippen LogP contribution < -0.4 is 5.32 Å². The smallest absolute Gasteiger partial charge is 0.151 e. The van der Waals surface area contributed by atoms with Gasteiger partial charge in [-0.05, 0) is 25.3 Å². The number of hydrogen-bond donors (Lipinski definition) is 2. The van der Waals surface area contributed by atoms with Crippen molar-refractivity contribution in [1.82, 2.24) is 10.2 Å². The average molecular weight is 213 g/mol. The Bertz CT molecular complexity index is 483. The first-order valence-corrected chi connectivity index (χ1v) is 5.71. The van der Waals surface area contributed by atoms with E-state index in [4.69, 9.17) is 0 Å². The molecule has 1 aromatic heterocycles. The van der Waals surface area contributed by atoms with E-state index in [0.29, 0.717) is 6.04 Å². The third kappa shape index (κ3) is 1.69. The first-order chi connectivity index (χ1) is 7.84. The van der Waals surface area contributed by atoms with E-state index in [1.54, 1.807) is 0 Å². The van der Waals surface area contributed by atoms with E-state index in [1.165, 1.54) is 24.0 Å². The van der Waals surface area contributed by atoms with Gasteiger partial charge < -0.3 is 5.32 Å². The van der Waals surface area contributed by atoms with Crippen LogP contribution in [0.15, 0.2) is 30.3 Å².